The fourth-order valence-electron chi connectivity index (χ4n) is 1.48. The van der Waals surface area contributed by atoms with E-state index in [0.29, 0.717) is 0 Å². The van der Waals surface area contributed by atoms with E-state index in [0.717, 1.165) is 12.1 Å². The van der Waals surface area contributed by atoms with Gasteiger partial charge in [0.25, 0.3) is 0 Å². The Balaban J connectivity index is 2.83. The summed E-state index contributed by atoms with van der Waals surface area (Å²) in [6.07, 6.45) is 1.07. The van der Waals surface area contributed by atoms with Crippen molar-refractivity contribution in [3.63, 3.8) is 0 Å². The molecule has 2 N–H and O–H groups in total. The second kappa shape index (κ2) is 3.46. The average Bonchev–Trinajstić information content (AvgIpc) is 2.48. The SMILES string of the molecule is CCc1ccc(N)c2sc(I)cc12. The summed E-state index contributed by atoms with van der Waals surface area (Å²) < 4.78 is 2.55. The highest BCUT2D eigenvalue weighted by Gasteiger charge is 2.06. The van der Waals surface area contributed by atoms with Gasteiger partial charge in [0.2, 0.25) is 0 Å². The molecule has 0 aliphatic heterocycles. The molecule has 3 heteroatoms. The Labute approximate surface area is 95.1 Å². The van der Waals surface area contributed by atoms with E-state index in [1.165, 1.54) is 18.5 Å². The van der Waals surface area contributed by atoms with E-state index in [-0.39, 0.29) is 0 Å². The van der Waals surface area contributed by atoms with Crippen molar-refractivity contribution in [2.45, 2.75) is 13.3 Å². The lowest BCUT2D eigenvalue weighted by molar-refractivity contribution is 1.16. The van der Waals surface area contributed by atoms with E-state index in [1.54, 1.807) is 11.3 Å². The molecule has 0 amide bonds. The maximum absolute atomic E-state index is 5.90. The van der Waals surface area contributed by atoms with Crippen molar-refractivity contribution in [2.75, 3.05) is 5.73 Å². The molecule has 2 rings (SSSR count). The molecule has 1 aromatic carbocycles. The first-order valence-electron chi connectivity index (χ1n) is 4.18. The minimum absolute atomic E-state index is 0.903. The summed E-state index contributed by atoms with van der Waals surface area (Å²) in [4.78, 5) is 0. The molecule has 13 heavy (non-hydrogen) atoms. The summed E-state index contributed by atoms with van der Waals surface area (Å²) in [5, 5.41) is 1.33. The Bertz CT molecular complexity index is 447. The van der Waals surface area contributed by atoms with Crippen LogP contribution in [0.25, 0.3) is 10.1 Å². The number of anilines is 1. The highest BCUT2D eigenvalue weighted by Crippen LogP contribution is 2.33. The highest BCUT2D eigenvalue weighted by molar-refractivity contribution is 14.1. The van der Waals surface area contributed by atoms with Crippen molar-refractivity contribution in [1.29, 1.82) is 0 Å². The van der Waals surface area contributed by atoms with Gasteiger partial charge in [0.05, 0.1) is 7.58 Å². The Hall–Kier alpha value is -0.290. The molecule has 0 spiro atoms. The van der Waals surface area contributed by atoms with Crippen molar-refractivity contribution in [3.05, 3.63) is 26.6 Å². The van der Waals surface area contributed by atoms with Crippen molar-refractivity contribution in [3.8, 4) is 0 Å². The largest absolute Gasteiger partial charge is 0.398 e. The van der Waals surface area contributed by atoms with Gasteiger partial charge in [0, 0.05) is 5.69 Å². The molecule has 1 aromatic heterocycles. The molecule has 0 atom stereocenters. The second-order valence-electron chi connectivity index (χ2n) is 2.96. The molecule has 0 fully saturated rings. The Morgan fingerprint density at radius 1 is 1.46 bits per heavy atom. The van der Waals surface area contributed by atoms with Gasteiger partial charge in [-0.1, -0.05) is 13.0 Å². The minimum atomic E-state index is 0.903. The number of aryl methyl sites for hydroxylation is 1. The first-order valence-corrected chi connectivity index (χ1v) is 6.08. The fourth-order valence-corrected chi connectivity index (χ4v) is 3.31. The monoisotopic (exact) mass is 303 g/mol. The van der Waals surface area contributed by atoms with E-state index in [2.05, 4.69) is 41.6 Å². The van der Waals surface area contributed by atoms with Crippen LogP contribution in [0.5, 0.6) is 0 Å². The summed E-state index contributed by atoms with van der Waals surface area (Å²) in [7, 11) is 0. The molecule has 0 radical (unpaired) electrons. The fraction of sp³-hybridized carbons (Fsp3) is 0.200. The van der Waals surface area contributed by atoms with Crippen LogP contribution in [0.15, 0.2) is 18.2 Å². The summed E-state index contributed by atoms with van der Waals surface area (Å²) in [5.41, 5.74) is 8.20. The van der Waals surface area contributed by atoms with Crippen molar-refractivity contribution < 1.29 is 0 Å². The number of hydrogen-bond donors (Lipinski definition) is 1. The lowest BCUT2D eigenvalue weighted by atomic mass is 10.1. The van der Waals surface area contributed by atoms with E-state index in [4.69, 9.17) is 5.73 Å². The molecule has 0 aliphatic rings. The number of halogens is 1. The standard InChI is InChI=1S/C10H10INS/c1-2-6-3-4-8(12)10-7(6)5-9(11)13-10/h3-5H,2,12H2,1H3. The molecular formula is C10H10INS. The normalized spacial score (nSPS) is 10.9. The number of thiophene rings is 1. The van der Waals surface area contributed by atoms with Gasteiger partial charge in [0.15, 0.2) is 0 Å². The molecule has 0 saturated carbocycles. The van der Waals surface area contributed by atoms with Crippen LogP contribution in [0.1, 0.15) is 12.5 Å². The van der Waals surface area contributed by atoms with Gasteiger partial charge >= 0.3 is 0 Å². The predicted molar refractivity (Wildman–Crippen MR) is 68.3 cm³/mol. The summed E-state index contributed by atoms with van der Waals surface area (Å²) >= 11 is 4.12. The molecule has 1 nitrogen and oxygen atoms in total. The minimum Gasteiger partial charge on any atom is -0.398 e. The van der Waals surface area contributed by atoms with Crippen LogP contribution < -0.4 is 5.73 Å². The molecule has 68 valence electrons. The summed E-state index contributed by atoms with van der Waals surface area (Å²) in [6.45, 7) is 2.18. The third-order valence-electron chi connectivity index (χ3n) is 2.16. The van der Waals surface area contributed by atoms with Gasteiger partial charge in [-0.15, -0.1) is 11.3 Å². The average molecular weight is 303 g/mol. The van der Waals surface area contributed by atoms with Crippen LogP contribution in [0.4, 0.5) is 5.69 Å². The van der Waals surface area contributed by atoms with Crippen molar-refractivity contribution in [2.24, 2.45) is 0 Å². The predicted octanol–water partition coefficient (Wildman–Crippen LogP) is 3.65. The van der Waals surface area contributed by atoms with Crippen LogP contribution in [-0.2, 0) is 6.42 Å². The number of hydrogen-bond acceptors (Lipinski definition) is 2. The molecule has 1 heterocycles. The van der Waals surface area contributed by atoms with E-state index >= 15 is 0 Å². The first kappa shape index (κ1) is 9.27. The van der Waals surface area contributed by atoms with E-state index in [9.17, 15) is 0 Å². The van der Waals surface area contributed by atoms with Crippen LogP contribution in [-0.4, -0.2) is 0 Å². The van der Waals surface area contributed by atoms with Gasteiger partial charge in [0.1, 0.15) is 0 Å². The lowest BCUT2D eigenvalue weighted by Crippen LogP contribution is -1.87. The van der Waals surface area contributed by atoms with E-state index in [1.807, 2.05) is 6.07 Å². The number of nitrogen functional groups attached to an aromatic ring is 1. The number of nitrogens with two attached hydrogens (primary N) is 1. The van der Waals surface area contributed by atoms with Gasteiger partial charge in [-0.3, -0.25) is 0 Å². The van der Waals surface area contributed by atoms with Crippen molar-refractivity contribution in [1.82, 2.24) is 0 Å². The zero-order valence-electron chi connectivity index (χ0n) is 7.30. The zero-order valence-corrected chi connectivity index (χ0v) is 10.3. The van der Waals surface area contributed by atoms with Crippen LogP contribution in [0.2, 0.25) is 0 Å². The number of benzene rings is 1. The zero-order chi connectivity index (χ0) is 9.42. The quantitative estimate of drug-likeness (QED) is 0.631. The first-order chi connectivity index (χ1) is 6.22. The van der Waals surface area contributed by atoms with Crippen LogP contribution in [0, 0.1) is 2.88 Å². The maximum atomic E-state index is 5.90. The second-order valence-corrected chi connectivity index (χ2v) is 5.91. The van der Waals surface area contributed by atoms with Gasteiger partial charge in [-0.25, -0.2) is 0 Å². The highest BCUT2D eigenvalue weighted by atomic mass is 127. The third-order valence-corrected chi connectivity index (χ3v) is 4.10. The Morgan fingerprint density at radius 3 is 2.92 bits per heavy atom. The Kier molecular flexibility index (Phi) is 2.47. The van der Waals surface area contributed by atoms with Gasteiger partial charge < -0.3 is 5.73 Å². The smallest absolute Gasteiger partial charge is 0.0666 e. The van der Waals surface area contributed by atoms with Crippen LogP contribution >= 0.6 is 33.9 Å². The Morgan fingerprint density at radius 2 is 2.23 bits per heavy atom. The topological polar surface area (TPSA) is 26.0 Å². The molecule has 0 saturated heterocycles. The molecule has 0 aliphatic carbocycles. The number of fused-ring (bicyclic) bond motifs is 1. The number of rotatable bonds is 1. The van der Waals surface area contributed by atoms with Crippen LogP contribution in [0.3, 0.4) is 0 Å². The summed E-state index contributed by atoms with van der Waals surface area (Å²) in [6, 6.07) is 6.35. The lowest BCUT2D eigenvalue weighted by Gasteiger charge is -2.00. The molecule has 2 aromatic rings. The van der Waals surface area contributed by atoms with Gasteiger partial charge in [-0.05, 0) is 52.1 Å². The third kappa shape index (κ3) is 1.55. The van der Waals surface area contributed by atoms with Crippen molar-refractivity contribution >= 4 is 49.7 Å². The van der Waals surface area contributed by atoms with E-state index < -0.39 is 0 Å². The molecule has 0 unspecified atom stereocenters. The molecule has 0 bridgehead atoms. The maximum Gasteiger partial charge on any atom is 0.0666 e. The summed E-state index contributed by atoms with van der Waals surface area (Å²) in [5.74, 6) is 0. The van der Waals surface area contributed by atoms with Gasteiger partial charge in [-0.2, -0.15) is 0 Å². The molecular weight excluding hydrogens is 293 g/mol.